The minimum atomic E-state index is -0.995. The lowest BCUT2D eigenvalue weighted by atomic mass is 10.0. The number of hydrogen-bond acceptors (Lipinski definition) is 6. The van der Waals surface area contributed by atoms with E-state index in [1.165, 1.54) is 0 Å². The third kappa shape index (κ3) is 2.45. The standard InChI is InChI=1S/C13H16O6/c14-8-4-2-1-3-7(8)13-17-6-10-12(19-13)9(15)5-11(16)18-10/h1-4,9-16H,5-6H2/t9-,10+,11?,12+,13?/m0/s1. The van der Waals surface area contributed by atoms with E-state index in [4.69, 9.17) is 14.2 Å². The molecule has 2 unspecified atom stereocenters. The van der Waals surface area contributed by atoms with Crippen LogP contribution in [-0.4, -0.2) is 46.5 Å². The minimum Gasteiger partial charge on any atom is -0.507 e. The average molecular weight is 268 g/mol. The number of fused-ring (bicyclic) bond motifs is 1. The molecule has 6 heteroatoms. The lowest BCUT2D eigenvalue weighted by molar-refractivity contribution is -0.331. The van der Waals surface area contributed by atoms with E-state index in [0.29, 0.717) is 5.56 Å². The highest BCUT2D eigenvalue weighted by Gasteiger charge is 2.43. The molecule has 0 amide bonds. The Hall–Kier alpha value is -1.18. The van der Waals surface area contributed by atoms with Crippen molar-refractivity contribution >= 4 is 0 Å². The monoisotopic (exact) mass is 268 g/mol. The van der Waals surface area contributed by atoms with Gasteiger partial charge in [0.1, 0.15) is 18.0 Å². The van der Waals surface area contributed by atoms with Crippen LogP contribution in [0.15, 0.2) is 24.3 Å². The molecule has 2 fully saturated rings. The molecule has 0 bridgehead atoms. The van der Waals surface area contributed by atoms with Crippen LogP contribution in [0.1, 0.15) is 18.3 Å². The maximum atomic E-state index is 9.93. The van der Waals surface area contributed by atoms with Gasteiger partial charge in [0.2, 0.25) is 0 Å². The number of ether oxygens (including phenoxy) is 3. The summed E-state index contributed by atoms with van der Waals surface area (Å²) in [5.41, 5.74) is 0.513. The van der Waals surface area contributed by atoms with E-state index in [2.05, 4.69) is 0 Å². The zero-order valence-electron chi connectivity index (χ0n) is 10.2. The van der Waals surface area contributed by atoms with Crippen molar-refractivity contribution in [2.45, 2.75) is 37.3 Å². The number of phenolic OH excluding ortho intramolecular Hbond substituents is 1. The molecule has 0 aromatic heterocycles. The molecule has 1 aromatic rings. The third-order valence-electron chi connectivity index (χ3n) is 3.40. The minimum absolute atomic E-state index is 0.0807. The number of benzene rings is 1. The zero-order valence-corrected chi connectivity index (χ0v) is 10.2. The molecule has 2 aliphatic heterocycles. The predicted molar refractivity (Wildman–Crippen MR) is 63.2 cm³/mol. The van der Waals surface area contributed by atoms with Gasteiger partial charge in [0.05, 0.1) is 12.7 Å². The van der Waals surface area contributed by atoms with Crippen molar-refractivity contribution in [3.8, 4) is 5.75 Å². The van der Waals surface area contributed by atoms with Crippen LogP contribution in [0.3, 0.4) is 0 Å². The zero-order chi connectivity index (χ0) is 13.4. The maximum absolute atomic E-state index is 9.93. The van der Waals surface area contributed by atoms with Crippen molar-refractivity contribution in [1.29, 1.82) is 0 Å². The second-order valence-corrected chi connectivity index (χ2v) is 4.76. The lowest BCUT2D eigenvalue weighted by Crippen LogP contribution is -2.54. The Morgan fingerprint density at radius 3 is 2.68 bits per heavy atom. The summed E-state index contributed by atoms with van der Waals surface area (Å²) in [6.45, 7) is 0.192. The lowest BCUT2D eigenvalue weighted by Gasteiger charge is -2.43. The number of hydrogen-bond donors (Lipinski definition) is 3. The normalized spacial score (nSPS) is 38.7. The number of phenols is 1. The Morgan fingerprint density at radius 2 is 1.89 bits per heavy atom. The van der Waals surface area contributed by atoms with E-state index in [0.717, 1.165) is 0 Å². The third-order valence-corrected chi connectivity index (χ3v) is 3.40. The SMILES string of the molecule is Oc1ccccc1C1OC[C@H]2OC(O)C[C@H](O)[C@H]2O1. The number of aliphatic hydroxyl groups excluding tert-OH is 2. The molecule has 104 valence electrons. The van der Waals surface area contributed by atoms with Gasteiger partial charge in [-0.2, -0.15) is 0 Å². The maximum Gasteiger partial charge on any atom is 0.188 e. The molecule has 5 atom stereocenters. The van der Waals surface area contributed by atoms with Crippen LogP contribution >= 0.6 is 0 Å². The van der Waals surface area contributed by atoms with Crippen LogP contribution in [-0.2, 0) is 14.2 Å². The van der Waals surface area contributed by atoms with Crippen LogP contribution in [0.4, 0.5) is 0 Å². The van der Waals surface area contributed by atoms with Crippen LogP contribution < -0.4 is 0 Å². The first-order valence-electron chi connectivity index (χ1n) is 6.21. The molecule has 2 heterocycles. The van der Waals surface area contributed by atoms with Crippen molar-refractivity contribution in [2.75, 3.05) is 6.61 Å². The van der Waals surface area contributed by atoms with Gasteiger partial charge >= 0.3 is 0 Å². The molecular formula is C13H16O6. The average Bonchev–Trinajstić information content (AvgIpc) is 2.39. The van der Waals surface area contributed by atoms with Crippen LogP contribution in [0.2, 0.25) is 0 Å². The predicted octanol–water partition coefficient (Wildman–Crippen LogP) is 0.274. The van der Waals surface area contributed by atoms with E-state index in [1.807, 2.05) is 0 Å². The highest BCUT2D eigenvalue weighted by Crippen LogP contribution is 2.36. The van der Waals surface area contributed by atoms with Crippen LogP contribution in [0, 0.1) is 0 Å². The molecule has 2 saturated heterocycles. The molecule has 2 aliphatic rings. The van der Waals surface area contributed by atoms with Crippen molar-refractivity contribution in [3.05, 3.63) is 29.8 Å². The van der Waals surface area contributed by atoms with Gasteiger partial charge in [-0.05, 0) is 6.07 Å². The topological polar surface area (TPSA) is 88.4 Å². The van der Waals surface area contributed by atoms with Gasteiger partial charge in [-0.25, -0.2) is 0 Å². The van der Waals surface area contributed by atoms with Gasteiger partial charge in [0, 0.05) is 12.0 Å². The summed E-state index contributed by atoms with van der Waals surface area (Å²) in [5, 5.41) is 29.1. The Bertz CT molecular complexity index is 451. The Kier molecular flexibility index (Phi) is 3.42. The van der Waals surface area contributed by atoms with Crippen molar-refractivity contribution in [3.63, 3.8) is 0 Å². The summed E-state index contributed by atoms with van der Waals surface area (Å²) in [7, 11) is 0. The summed E-state index contributed by atoms with van der Waals surface area (Å²) in [6, 6.07) is 6.72. The van der Waals surface area contributed by atoms with Gasteiger partial charge in [-0.1, -0.05) is 18.2 Å². The van der Waals surface area contributed by atoms with E-state index in [9.17, 15) is 15.3 Å². The molecule has 3 rings (SSSR count). The van der Waals surface area contributed by atoms with Gasteiger partial charge in [-0.3, -0.25) is 0 Å². The summed E-state index contributed by atoms with van der Waals surface area (Å²) in [5.74, 6) is 0.0807. The van der Waals surface area contributed by atoms with Crippen molar-refractivity contribution in [2.24, 2.45) is 0 Å². The van der Waals surface area contributed by atoms with Crippen LogP contribution in [0.25, 0.3) is 0 Å². The van der Waals surface area contributed by atoms with Gasteiger partial charge < -0.3 is 29.5 Å². The van der Waals surface area contributed by atoms with Gasteiger partial charge in [-0.15, -0.1) is 0 Å². The van der Waals surface area contributed by atoms with E-state index >= 15 is 0 Å². The van der Waals surface area contributed by atoms with E-state index in [1.54, 1.807) is 24.3 Å². The largest absolute Gasteiger partial charge is 0.507 e. The molecule has 19 heavy (non-hydrogen) atoms. The summed E-state index contributed by atoms with van der Waals surface area (Å²) in [4.78, 5) is 0. The van der Waals surface area contributed by atoms with E-state index in [-0.39, 0.29) is 18.8 Å². The fourth-order valence-electron chi connectivity index (χ4n) is 2.45. The molecular weight excluding hydrogens is 252 g/mol. The Balaban J connectivity index is 1.77. The quantitative estimate of drug-likeness (QED) is 0.678. The van der Waals surface area contributed by atoms with Crippen LogP contribution in [0.5, 0.6) is 5.75 Å². The molecule has 3 N–H and O–H groups in total. The van der Waals surface area contributed by atoms with E-state index < -0.39 is 30.9 Å². The summed E-state index contributed by atoms with van der Waals surface area (Å²) >= 11 is 0. The molecule has 0 aliphatic carbocycles. The molecule has 0 spiro atoms. The molecule has 6 nitrogen and oxygen atoms in total. The van der Waals surface area contributed by atoms with Crippen molar-refractivity contribution in [1.82, 2.24) is 0 Å². The highest BCUT2D eigenvalue weighted by molar-refractivity contribution is 5.33. The number of aliphatic hydroxyl groups is 2. The number of aromatic hydroxyl groups is 1. The first kappa shape index (κ1) is 12.8. The van der Waals surface area contributed by atoms with Gasteiger partial charge in [0.25, 0.3) is 0 Å². The second-order valence-electron chi connectivity index (χ2n) is 4.76. The second kappa shape index (κ2) is 5.07. The fraction of sp³-hybridized carbons (Fsp3) is 0.538. The first-order chi connectivity index (χ1) is 9.15. The van der Waals surface area contributed by atoms with Gasteiger partial charge in [0.15, 0.2) is 12.6 Å². The summed E-state index contributed by atoms with van der Waals surface area (Å²) < 4.78 is 16.4. The fourth-order valence-corrected chi connectivity index (χ4v) is 2.45. The smallest absolute Gasteiger partial charge is 0.188 e. The Labute approximate surface area is 110 Å². The Morgan fingerprint density at radius 1 is 1.11 bits per heavy atom. The molecule has 0 saturated carbocycles. The first-order valence-corrected chi connectivity index (χ1v) is 6.21. The highest BCUT2D eigenvalue weighted by atomic mass is 16.7. The summed E-state index contributed by atoms with van der Waals surface area (Å²) in [6.07, 6.45) is -3.51. The molecule has 1 aromatic carbocycles. The number of para-hydroxylation sites is 1. The van der Waals surface area contributed by atoms with Crippen molar-refractivity contribution < 1.29 is 29.5 Å². The molecule has 0 radical (unpaired) electrons. The number of rotatable bonds is 1.